The maximum absolute atomic E-state index is 11.8. The Morgan fingerprint density at radius 2 is 1.86 bits per heavy atom. The lowest BCUT2D eigenvalue weighted by Crippen LogP contribution is -2.43. The number of aliphatic hydroxyl groups excluding tert-OH is 1. The van der Waals surface area contributed by atoms with Crippen molar-refractivity contribution < 1.29 is 14.6 Å². The first-order chi connectivity index (χ1) is 9.80. The van der Waals surface area contributed by atoms with Gasteiger partial charge in [-0.1, -0.05) is 37.3 Å². The first kappa shape index (κ1) is 17.5. The minimum Gasteiger partial charge on any atom is -0.444 e. The van der Waals surface area contributed by atoms with Crippen LogP contribution in [0.25, 0.3) is 0 Å². The van der Waals surface area contributed by atoms with E-state index in [4.69, 9.17) is 4.74 Å². The Labute approximate surface area is 127 Å². The predicted octanol–water partition coefficient (Wildman–Crippen LogP) is 3.14. The summed E-state index contributed by atoms with van der Waals surface area (Å²) in [6, 6.07) is 10.00. The van der Waals surface area contributed by atoms with Crippen molar-refractivity contribution in [2.75, 3.05) is 13.2 Å². The van der Waals surface area contributed by atoms with Crippen LogP contribution in [0.2, 0.25) is 0 Å². The monoisotopic (exact) mass is 293 g/mol. The van der Waals surface area contributed by atoms with E-state index in [1.54, 1.807) is 0 Å². The van der Waals surface area contributed by atoms with Crippen LogP contribution in [0.15, 0.2) is 30.3 Å². The van der Waals surface area contributed by atoms with Crippen molar-refractivity contribution in [3.63, 3.8) is 0 Å². The summed E-state index contributed by atoms with van der Waals surface area (Å²) >= 11 is 0. The molecule has 2 N–H and O–H groups in total. The number of ether oxygens (including phenoxy) is 1. The number of amides is 1. The summed E-state index contributed by atoms with van der Waals surface area (Å²) in [6.45, 7) is 7.93. The van der Waals surface area contributed by atoms with E-state index in [0.29, 0.717) is 6.54 Å². The highest BCUT2D eigenvalue weighted by Crippen LogP contribution is 2.26. The largest absolute Gasteiger partial charge is 0.444 e. The van der Waals surface area contributed by atoms with E-state index in [9.17, 15) is 9.90 Å². The summed E-state index contributed by atoms with van der Waals surface area (Å²) in [5, 5.41) is 12.6. The van der Waals surface area contributed by atoms with Crippen molar-refractivity contribution in [1.29, 1.82) is 0 Å². The predicted molar refractivity (Wildman–Crippen MR) is 84.2 cm³/mol. The minimum atomic E-state index is -0.516. The van der Waals surface area contributed by atoms with Crippen LogP contribution in [-0.4, -0.2) is 30.0 Å². The van der Waals surface area contributed by atoms with E-state index < -0.39 is 11.7 Å². The molecule has 0 aliphatic carbocycles. The van der Waals surface area contributed by atoms with Crippen LogP contribution in [0.4, 0.5) is 4.79 Å². The van der Waals surface area contributed by atoms with Gasteiger partial charge in [-0.05, 0) is 39.2 Å². The van der Waals surface area contributed by atoms with Crippen LogP contribution in [0.1, 0.15) is 39.7 Å². The number of carbonyl (C=O) groups is 1. The lowest BCUT2D eigenvalue weighted by Gasteiger charge is -2.31. The van der Waals surface area contributed by atoms with Gasteiger partial charge in [0.2, 0.25) is 0 Å². The van der Waals surface area contributed by atoms with Crippen LogP contribution in [-0.2, 0) is 11.2 Å². The Bertz CT molecular complexity index is 433. The highest BCUT2D eigenvalue weighted by atomic mass is 16.6. The molecule has 0 fully saturated rings. The molecule has 0 radical (unpaired) electrons. The zero-order chi connectivity index (χ0) is 15.9. The smallest absolute Gasteiger partial charge is 0.407 e. The number of carbonyl (C=O) groups excluding carboxylic acids is 1. The lowest BCUT2D eigenvalue weighted by atomic mass is 9.80. The highest BCUT2D eigenvalue weighted by molar-refractivity contribution is 5.67. The summed E-state index contributed by atoms with van der Waals surface area (Å²) in [7, 11) is 0. The third kappa shape index (κ3) is 6.17. The molecule has 0 spiro atoms. The zero-order valence-electron chi connectivity index (χ0n) is 13.5. The molecule has 1 atom stereocenters. The van der Waals surface area contributed by atoms with Crippen molar-refractivity contribution in [2.24, 2.45) is 5.41 Å². The first-order valence-corrected chi connectivity index (χ1v) is 7.42. The molecule has 0 saturated heterocycles. The van der Waals surface area contributed by atoms with Crippen LogP contribution >= 0.6 is 0 Å². The summed E-state index contributed by atoms with van der Waals surface area (Å²) in [4.78, 5) is 11.8. The number of hydrogen-bond donors (Lipinski definition) is 2. The summed E-state index contributed by atoms with van der Waals surface area (Å²) in [6.07, 6.45) is 1.05. The molecule has 1 amide bonds. The van der Waals surface area contributed by atoms with Crippen LogP contribution in [0.3, 0.4) is 0 Å². The van der Waals surface area contributed by atoms with E-state index in [-0.39, 0.29) is 12.0 Å². The highest BCUT2D eigenvalue weighted by Gasteiger charge is 2.29. The van der Waals surface area contributed by atoms with Gasteiger partial charge in [0.05, 0.1) is 6.61 Å². The number of benzene rings is 1. The SMILES string of the molecule is CCC(CO)(CNC(=O)OC(C)(C)C)Cc1ccccc1. The quantitative estimate of drug-likeness (QED) is 0.847. The van der Waals surface area contributed by atoms with Gasteiger partial charge in [-0.25, -0.2) is 4.79 Å². The second-order valence-corrected chi connectivity index (χ2v) is 6.53. The Balaban J connectivity index is 2.66. The van der Waals surface area contributed by atoms with Gasteiger partial charge in [0.15, 0.2) is 0 Å². The third-order valence-electron chi connectivity index (χ3n) is 3.51. The second kappa shape index (κ2) is 7.46. The minimum absolute atomic E-state index is 0.0220. The molecule has 0 heterocycles. The molecule has 1 aromatic rings. The van der Waals surface area contributed by atoms with Gasteiger partial charge in [-0.15, -0.1) is 0 Å². The molecule has 4 heteroatoms. The fraction of sp³-hybridized carbons (Fsp3) is 0.588. The third-order valence-corrected chi connectivity index (χ3v) is 3.51. The molecule has 0 aliphatic rings. The normalized spacial score (nSPS) is 14.3. The van der Waals surface area contributed by atoms with E-state index in [1.165, 1.54) is 0 Å². The van der Waals surface area contributed by atoms with Crippen molar-refractivity contribution in [3.8, 4) is 0 Å². The molecule has 1 aromatic carbocycles. The average Bonchev–Trinajstić information content (AvgIpc) is 2.43. The van der Waals surface area contributed by atoms with Gasteiger partial charge in [-0.3, -0.25) is 0 Å². The van der Waals surface area contributed by atoms with Crippen molar-refractivity contribution >= 4 is 6.09 Å². The van der Waals surface area contributed by atoms with Crippen molar-refractivity contribution in [1.82, 2.24) is 5.32 Å². The molecule has 4 nitrogen and oxygen atoms in total. The van der Waals surface area contributed by atoms with Gasteiger partial charge in [-0.2, -0.15) is 0 Å². The topological polar surface area (TPSA) is 58.6 Å². The summed E-state index contributed by atoms with van der Waals surface area (Å²) < 4.78 is 5.24. The summed E-state index contributed by atoms with van der Waals surface area (Å²) in [5.41, 5.74) is 0.273. The molecule has 0 saturated carbocycles. The fourth-order valence-corrected chi connectivity index (χ4v) is 2.14. The first-order valence-electron chi connectivity index (χ1n) is 7.42. The number of aliphatic hydroxyl groups is 1. The lowest BCUT2D eigenvalue weighted by molar-refractivity contribution is 0.0461. The second-order valence-electron chi connectivity index (χ2n) is 6.53. The van der Waals surface area contributed by atoms with Gasteiger partial charge >= 0.3 is 6.09 Å². The number of alkyl carbamates (subject to hydrolysis) is 1. The van der Waals surface area contributed by atoms with Gasteiger partial charge in [0.1, 0.15) is 5.60 Å². The zero-order valence-corrected chi connectivity index (χ0v) is 13.5. The van der Waals surface area contributed by atoms with E-state index in [1.807, 2.05) is 58.0 Å². The van der Waals surface area contributed by atoms with E-state index in [2.05, 4.69) is 5.32 Å². The Hall–Kier alpha value is -1.55. The molecular weight excluding hydrogens is 266 g/mol. The molecule has 118 valence electrons. The summed E-state index contributed by atoms with van der Waals surface area (Å²) in [5.74, 6) is 0. The molecule has 0 bridgehead atoms. The molecule has 1 rings (SSSR count). The Morgan fingerprint density at radius 3 is 2.33 bits per heavy atom. The number of rotatable bonds is 6. The molecular formula is C17H27NO3. The maximum atomic E-state index is 11.8. The standard InChI is InChI=1S/C17H27NO3/c1-5-17(13-19,11-14-9-7-6-8-10-14)12-18-15(20)21-16(2,3)4/h6-10,19H,5,11-13H2,1-4H3,(H,18,20). The molecule has 1 unspecified atom stereocenters. The van der Waals surface area contributed by atoms with Gasteiger partial charge < -0.3 is 15.2 Å². The fourth-order valence-electron chi connectivity index (χ4n) is 2.14. The Kier molecular flexibility index (Phi) is 6.21. The number of hydrogen-bond acceptors (Lipinski definition) is 3. The van der Waals surface area contributed by atoms with Gasteiger partial charge in [0, 0.05) is 12.0 Å². The maximum Gasteiger partial charge on any atom is 0.407 e. The molecule has 21 heavy (non-hydrogen) atoms. The van der Waals surface area contributed by atoms with Crippen molar-refractivity contribution in [2.45, 2.75) is 46.1 Å². The van der Waals surface area contributed by atoms with Gasteiger partial charge in [0.25, 0.3) is 0 Å². The molecule has 0 aromatic heterocycles. The van der Waals surface area contributed by atoms with Crippen molar-refractivity contribution in [3.05, 3.63) is 35.9 Å². The van der Waals surface area contributed by atoms with E-state index >= 15 is 0 Å². The van der Waals surface area contributed by atoms with Crippen LogP contribution in [0.5, 0.6) is 0 Å². The molecule has 0 aliphatic heterocycles. The number of nitrogens with one attached hydrogen (secondary N) is 1. The van der Waals surface area contributed by atoms with Crippen LogP contribution in [0, 0.1) is 5.41 Å². The Morgan fingerprint density at radius 1 is 1.24 bits per heavy atom. The van der Waals surface area contributed by atoms with E-state index in [0.717, 1.165) is 18.4 Å². The van der Waals surface area contributed by atoms with Crippen LogP contribution < -0.4 is 5.32 Å². The average molecular weight is 293 g/mol.